The van der Waals surface area contributed by atoms with Gasteiger partial charge in [-0.1, -0.05) is 19.1 Å². The second kappa shape index (κ2) is 11.1. The summed E-state index contributed by atoms with van der Waals surface area (Å²) >= 11 is 0. The summed E-state index contributed by atoms with van der Waals surface area (Å²) < 4.78 is 7.26. The Balaban J connectivity index is 0.00000364. The molecule has 0 saturated heterocycles. The Morgan fingerprint density at radius 1 is 1.22 bits per heavy atom. The number of nitrogens with one attached hydrogen (secondary N) is 2. The summed E-state index contributed by atoms with van der Waals surface area (Å²) in [6.45, 7) is 10.6. The number of methoxy groups -OCH3 is 1. The van der Waals surface area contributed by atoms with E-state index in [2.05, 4.69) is 53.1 Å². The molecular formula is C19H31IN6O. The standard InChI is InChI=1S/C19H30N6O.HI/c1-6-17-24-22-14-25(17)12-11-20-18(23-19(2,3)4)21-13-15-7-9-16(26-5)10-8-15;/h7-10,14H,6,11-13H2,1-5H3,(H2,20,21,23);1H. The highest BCUT2D eigenvalue weighted by molar-refractivity contribution is 14.0. The first-order chi connectivity index (χ1) is 12.4. The van der Waals surface area contributed by atoms with Gasteiger partial charge in [-0.25, -0.2) is 4.99 Å². The monoisotopic (exact) mass is 486 g/mol. The number of aromatic nitrogens is 3. The third-order valence-corrected chi connectivity index (χ3v) is 3.73. The molecule has 27 heavy (non-hydrogen) atoms. The summed E-state index contributed by atoms with van der Waals surface area (Å²) in [5.41, 5.74) is 1.06. The highest BCUT2D eigenvalue weighted by Gasteiger charge is 2.12. The highest BCUT2D eigenvalue weighted by atomic mass is 127. The van der Waals surface area contributed by atoms with Crippen LogP contribution in [0.2, 0.25) is 0 Å². The summed E-state index contributed by atoms with van der Waals surface area (Å²) in [5.74, 6) is 2.64. The predicted molar refractivity (Wildman–Crippen MR) is 120 cm³/mol. The quantitative estimate of drug-likeness (QED) is 0.358. The number of nitrogens with zero attached hydrogens (tertiary/aromatic N) is 4. The maximum atomic E-state index is 5.19. The van der Waals surface area contributed by atoms with Crippen LogP contribution >= 0.6 is 24.0 Å². The molecule has 7 nitrogen and oxygen atoms in total. The van der Waals surface area contributed by atoms with Crippen LogP contribution in [-0.4, -0.2) is 39.9 Å². The normalized spacial score (nSPS) is 11.7. The van der Waals surface area contributed by atoms with Crippen molar-refractivity contribution in [3.05, 3.63) is 42.0 Å². The molecule has 0 radical (unpaired) electrons. The smallest absolute Gasteiger partial charge is 0.192 e. The van der Waals surface area contributed by atoms with Crippen molar-refractivity contribution in [2.75, 3.05) is 13.7 Å². The molecule has 1 aromatic carbocycles. The van der Waals surface area contributed by atoms with Crippen molar-refractivity contribution in [1.29, 1.82) is 0 Å². The summed E-state index contributed by atoms with van der Waals surface area (Å²) in [7, 11) is 1.67. The Morgan fingerprint density at radius 2 is 1.93 bits per heavy atom. The molecule has 1 heterocycles. The molecule has 0 aliphatic carbocycles. The van der Waals surface area contributed by atoms with E-state index >= 15 is 0 Å². The molecule has 0 atom stereocenters. The first kappa shape index (κ1) is 23.2. The summed E-state index contributed by atoms with van der Waals surface area (Å²) in [5, 5.41) is 14.9. The van der Waals surface area contributed by atoms with Gasteiger partial charge in [0.25, 0.3) is 0 Å². The Labute approximate surface area is 179 Å². The van der Waals surface area contributed by atoms with Crippen LogP contribution in [0.25, 0.3) is 0 Å². The van der Waals surface area contributed by atoms with Crippen LogP contribution in [0.3, 0.4) is 0 Å². The zero-order valence-electron chi connectivity index (χ0n) is 16.8. The first-order valence-corrected chi connectivity index (χ1v) is 8.97. The molecule has 1 aromatic heterocycles. The zero-order chi connectivity index (χ0) is 19.0. The molecule has 0 saturated carbocycles. The lowest BCUT2D eigenvalue weighted by Crippen LogP contribution is -2.48. The first-order valence-electron chi connectivity index (χ1n) is 8.97. The van der Waals surface area contributed by atoms with E-state index < -0.39 is 0 Å². The van der Waals surface area contributed by atoms with Crippen molar-refractivity contribution in [2.45, 2.75) is 52.7 Å². The van der Waals surface area contributed by atoms with Crippen LogP contribution in [0.5, 0.6) is 5.75 Å². The Hall–Kier alpha value is -1.84. The molecule has 2 aromatic rings. The Kier molecular flexibility index (Phi) is 9.54. The van der Waals surface area contributed by atoms with Gasteiger partial charge in [0, 0.05) is 25.0 Å². The van der Waals surface area contributed by atoms with Crippen molar-refractivity contribution in [1.82, 2.24) is 25.4 Å². The van der Waals surface area contributed by atoms with E-state index in [1.165, 1.54) is 0 Å². The molecule has 0 unspecified atom stereocenters. The Morgan fingerprint density at radius 3 is 2.52 bits per heavy atom. The number of hydrogen-bond acceptors (Lipinski definition) is 4. The molecule has 2 N–H and O–H groups in total. The van der Waals surface area contributed by atoms with Gasteiger partial charge in [0.15, 0.2) is 5.96 Å². The van der Waals surface area contributed by atoms with Crippen LogP contribution in [0.1, 0.15) is 39.1 Å². The second-order valence-electron chi connectivity index (χ2n) is 7.11. The minimum absolute atomic E-state index is 0. The molecule has 0 aliphatic heterocycles. The van der Waals surface area contributed by atoms with E-state index in [1.54, 1.807) is 13.4 Å². The zero-order valence-corrected chi connectivity index (χ0v) is 19.2. The predicted octanol–water partition coefficient (Wildman–Crippen LogP) is 3.00. The Bertz CT molecular complexity index is 706. The minimum Gasteiger partial charge on any atom is -0.497 e. The molecule has 0 fully saturated rings. The fraction of sp³-hybridized carbons (Fsp3) is 0.526. The highest BCUT2D eigenvalue weighted by Crippen LogP contribution is 2.12. The molecule has 0 amide bonds. The number of halogens is 1. The molecule has 0 bridgehead atoms. The molecule has 2 rings (SSSR count). The second-order valence-corrected chi connectivity index (χ2v) is 7.11. The third kappa shape index (κ3) is 8.15. The summed E-state index contributed by atoms with van der Waals surface area (Å²) in [6, 6.07) is 7.96. The van der Waals surface area contributed by atoms with E-state index in [9.17, 15) is 0 Å². The van der Waals surface area contributed by atoms with Gasteiger partial charge in [-0.05, 0) is 38.5 Å². The average Bonchev–Trinajstić information content (AvgIpc) is 3.06. The molecule has 0 aliphatic rings. The van der Waals surface area contributed by atoms with Gasteiger partial charge in [0.05, 0.1) is 13.7 Å². The largest absolute Gasteiger partial charge is 0.497 e. The lowest BCUT2D eigenvalue weighted by molar-refractivity contribution is 0.414. The number of aryl methyl sites for hydroxylation is 1. The van der Waals surface area contributed by atoms with Crippen molar-refractivity contribution in [3.8, 4) is 5.75 Å². The van der Waals surface area contributed by atoms with E-state index in [1.807, 2.05) is 24.3 Å². The van der Waals surface area contributed by atoms with E-state index in [4.69, 9.17) is 9.73 Å². The van der Waals surface area contributed by atoms with Crippen molar-refractivity contribution < 1.29 is 4.74 Å². The van der Waals surface area contributed by atoms with Gasteiger partial charge in [-0.15, -0.1) is 34.2 Å². The summed E-state index contributed by atoms with van der Waals surface area (Å²) in [6.07, 6.45) is 2.64. The van der Waals surface area contributed by atoms with Gasteiger partial charge in [0.1, 0.15) is 17.9 Å². The van der Waals surface area contributed by atoms with Crippen LogP contribution in [0, 0.1) is 0 Å². The topological polar surface area (TPSA) is 76.4 Å². The average molecular weight is 486 g/mol. The lowest BCUT2D eigenvalue weighted by atomic mass is 10.1. The van der Waals surface area contributed by atoms with Gasteiger partial charge >= 0.3 is 0 Å². The number of benzene rings is 1. The number of ether oxygens (including phenoxy) is 1. The summed E-state index contributed by atoms with van der Waals surface area (Å²) in [4.78, 5) is 4.71. The molecule has 150 valence electrons. The number of hydrogen-bond donors (Lipinski definition) is 2. The van der Waals surface area contributed by atoms with Gasteiger partial charge in [0.2, 0.25) is 0 Å². The van der Waals surface area contributed by atoms with E-state index in [0.29, 0.717) is 6.54 Å². The maximum absolute atomic E-state index is 5.19. The molecular weight excluding hydrogens is 455 g/mol. The van der Waals surface area contributed by atoms with Gasteiger partial charge in [-0.3, -0.25) is 0 Å². The van der Waals surface area contributed by atoms with Gasteiger partial charge in [-0.2, -0.15) is 0 Å². The lowest BCUT2D eigenvalue weighted by Gasteiger charge is -2.24. The van der Waals surface area contributed by atoms with Crippen molar-refractivity contribution in [3.63, 3.8) is 0 Å². The number of guanidine groups is 1. The SMILES string of the molecule is CCc1nncn1CCNC(=NCc1ccc(OC)cc1)NC(C)(C)C.I. The van der Waals surface area contributed by atoms with E-state index in [0.717, 1.165) is 42.6 Å². The minimum atomic E-state index is -0.0725. The molecule has 0 spiro atoms. The number of rotatable bonds is 7. The third-order valence-electron chi connectivity index (χ3n) is 3.73. The van der Waals surface area contributed by atoms with Crippen molar-refractivity contribution in [2.24, 2.45) is 4.99 Å². The van der Waals surface area contributed by atoms with Crippen LogP contribution in [-0.2, 0) is 19.5 Å². The van der Waals surface area contributed by atoms with Gasteiger partial charge < -0.3 is 19.9 Å². The van der Waals surface area contributed by atoms with Crippen molar-refractivity contribution >= 4 is 29.9 Å². The van der Waals surface area contributed by atoms with E-state index in [-0.39, 0.29) is 29.5 Å². The molecule has 8 heteroatoms. The van der Waals surface area contributed by atoms with Crippen LogP contribution in [0.4, 0.5) is 0 Å². The fourth-order valence-corrected chi connectivity index (χ4v) is 2.43. The maximum Gasteiger partial charge on any atom is 0.192 e. The van der Waals surface area contributed by atoms with Crippen LogP contribution in [0.15, 0.2) is 35.6 Å². The van der Waals surface area contributed by atoms with Crippen LogP contribution < -0.4 is 15.4 Å². The fourth-order valence-electron chi connectivity index (χ4n) is 2.43. The number of aliphatic imine (C=N–C) groups is 1.